The predicted molar refractivity (Wildman–Crippen MR) is 91.3 cm³/mol. The second-order valence-corrected chi connectivity index (χ2v) is 5.31. The number of furan rings is 1. The van der Waals surface area contributed by atoms with E-state index in [0.29, 0.717) is 25.5 Å². The van der Waals surface area contributed by atoms with Crippen molar-refractivity contribution in [2.24, 2.45) is 4.99 Å². The summed E-state index contributed by atoms with van der Waals surface area (Å²) in [5.74, 6) is 1.62. The SMILES string of the molecule is CC(NC(=NCCCF)NCCc1ccco1)c1ccccc1. The maximum absolute atomic E-state index is 12.3. The highest BCUT2D eigenvalue weighted by molar-refractivity contribution is 5.80. The van der Waals surface area contributed by atoms with E-state index in [0.717, 1.165) is 12.2 Å². The largest absolute Gasteiger partial charge is 0.469 e. The van der Waals surface area contributed by atoms with Gasteiger partial charge >= 0.3 is 0 Å². The topological polar surface area (TPSA) is 49.6 Å². The first kappa shape index (κ1) is 17.1. The Morgan fingerprint density at radius 3 is 2.74 bits per heavy atom. The molecular formula is C18H24FN3O. The molecule has 4 nitrogen and oxygen atoms in total. The van der Waals surface area contributed by atoms with Gasteiger partial charge in [0.2, 0.25) is 0 Å². The molecule has 1 aromatic heterocycles. The molecule has 1 unspecified atom stereocenters. The fourth-order valence-corrected chi connectivity index (χ4v) is 2.19. The summed E-state index contributed by atoms with van der Waals surface area (Å²) in [6.45, 7) is 2.90. The Kier molecular flexibility index (Phi) is 7.17. The highest BCUT2D eigenvalue weighted by atomic mass is 19.1. The van der Waals surface area contributed by atoms with Crippen LogP contribution in [0.15, 0.2) is 58.1 Å². The van der Waals surface area contributed by atoms with Crippen molar-refractivity contribution in [1.82, 2.24) is 10.6 Å². The molecule has 23 heavy (non-hydrogen) atoms. The van der Waals surface area contributed by atoms with Crippen molar-refractivity contribution < 1.29 is 8.81 Å². The third-order valence-electron chi connectivity index (χ3n) is 3.46. The number of benzene rings is 1. The van der Waals surface area contributed by atoms with Crippen LogP contribution >= 0.6 is 0 Å². The molecule has 2 N–H and O–H groups in total. The first-order valence-corrected chi connectivity index (χ1v) is 7.97. The lowest BCUT2D eigenvalue weighted by molar-refractivity contribution is 0.477. The number of nitrogens with zero attached hydrogens (tertiary/aromatic N) is 1. The number of hydrogen-bond acceptors (Lipinski definition) is 2. The van der Waals surface area contributed by atoms with Gasteiger partial charge in [0.25, 0.3) is 0 Å². The van der Waals surface area contributed by atoms with E-state index in [-0.39, 0.29) is 12.7 Å². The number of nitrogens with one attached hydrogen (secondary N) is 2. The van der Waals surface area contributed by atoms with Gasteiger partial charge < -0.3 is 15.1 Å². The molecule has 0 radical (unpaired) electrons. The van der Waals surface area contributed by atoms with Crippen molar-refractivity contribution in [1.29, 1.82) is 0 Å². The zero-order valence-electron chi connectivity index (χ0n) is 13.5. The van der Waals surface area contributed by atoms with Crippen LogP contribution in [0.25, 0.3) is 0 Å². The first-order valence-electron chi connectivity index (χ1n) is 7.97. The summed E-state index contributed by atoms with van der Waals surface area (Å²) in [7, 11) is 0. The summed E-state index contributed by atoms with van der Waals surface area (Å²) in [6, 6.07) is 14.1. The lowest BCUT2D eigenvalue weighted by Crippen LogP contribution is -2.40. The molecule has 0 aliphatic heterocycles. The van der Waals surface area contributed by atoms with Gasteiger partial charge in [-0.25, -0.2) is 0 Å². The zero-order chi connectivity index (χ0) is 16.3. The number of alkyl halides is 1. The van der Waals surface area contributed by atoms with E-state index in [1.807, 2.05) is 30.3 Å². The Hall–Kier alpha value is -2.30. The molecule has 5 heteroatoms. The van der Waals surface area contributed by atoms with E-state index in [1.54, 1.807) is 6.26 Å². The van der Waals surface area contributed by atoms with Crippen LogP contribution in [0, 0.1) is 0 Å². The number of aliphatic imine (C=N–C) groups is 1. The molecule has 2 rings (SSSR count). The molecule has 1 aromatic carbocycles. The lowest BCUT2D eigenvalue weighted by Gasteiger charge is -2.18. The molecule has 1 atom stereocenters. The van der Waals surface area contributed by atoms with E-state index in [9.17, 15) is 4.39 Å². The summed E-state index contributed by atoms with van der Waals surface area (Å²) in [5, 5.41) is 6.63. The summed E-state index contributed by atoms with van der Waals surface area (Å²) < 4.78 is 17.6. The average molecular weight is 317 g/mol. The van der Waals surface area contributed by atoms with Crippen LogP contribution in [0.2, 0.25) is 0 Å². The summed E-state index contributed by atoms with van der Waals surface area (Å²) in [6.07, 6.45) is 2.88. The smallest absolute Gasteiger partial charge is 0.191 e. The van der Waals surface area contributed by atoms with Gasteiger partial charge in [-0.2, -0.15) is 0 Å². The molecule has 1 heterocycles. The van der Waals surface area contributed by atoms with Gasteiger partial charge in [-0.1, -0.05) is 30.3 Å². The minimum absolute atomic E-state index is 0.122. The van der Waals surface area contributed by atoms with Gasteiger partial charge in [0.15, 0.2) is 5.96 Å². The van der Waals surface area contributed by atoms with Gasteiger partial charge in [0.1, 0.15) is 5.76 Å². The Balaban J connectivity index is 1.89. The Labute approximate surface area is 136 Å². The lowest BCUT2D eigenvalue weighted by atomic mass is 10.1. The number of hydrogen-bond donors (Lipinski definition) is 2. The monoisotopic (exact) mass is 317 g/mol. The molecule has 0 fully saturated rings. The Morgan fingerprint density at radius 2 is 2.04 bits per heavy atom. The van der Waals surface area contributed by atoms with Crippen molar-refractivity contribution in [3.8, 4) is 0 Å². The minimum atomic E-state index is -0.350. The quantitative estimate of drug-likeness (QED) is 0.445. The molecule has 2 aromatic rings. The standard InChI is InChI=1S/C18H24FN3O/c1-15(16-7-3-2-4-8-16)22-18(20-12-6-11-19)21-13-10-17-9-5-14-23-17/h2-5,7-9,14-15H,6,10-13H2,1H3,(H2,20,21,22). The highest BCUT2D eigenvalue weighted by Crippen LogP contribution is 2.10. The van der Waals surface area contributed by atoms with Gasteiger partial charge in [-0.3, -0.25) is 9.38 Å². The molecule has 0 amide bonds. The molecule has 0 saturated carbocycles. The van der Waals surface area contributed by atoms with Crippen LogP contribution in [0.4, 0.5) is 4.39 Å². The van der Waals surface area contributed by atoms with Crippen LogP contribution in [0.1, 0.15) is 30.7 Å². The van der Waals surface area contributed by atoms with Crippen LogP contribution < -0.4 is 10.6 Å². The van der Waals surface area contributed by atoms with Crippen molar-refractivity contribution >= 4 is 5.96 Å². The minimum Gasteiger partial charge on any atom is -0.469 e. The fraction of sp³-hybridized carbons (Fsp3) is 0.389. The third-order valence-corrected chi connectivity index (χ3v) is 3.46. The van der Waals surface area contributed by atoms with Crippen molar-refractivity contribution in [2.45, 2.75) is 25.8 Å². The molecule has 0 aliphatic carbocycles. The molecular weight excluding hydrogens is 293 g/mol. The average Bonchev–Trinajstić information content (AvgIpc) is 3.09. The number of guanidine groups is 1. The molecule has 0 spiro atoms. The molecule has 0 aliphatic rings. The Morgan fingerprint density at radius 1 is 1.22 bits per heavy atom. The fourth-order valence-electron chi connectivity index (χ4n) is 2.19. The normalized spacial score (nSPS) is 12.9. The summed E-state index contributed by atoms with van der Waals surface area (Å²) >= 11 is 0. The van der Waals surface area contributed by atoms with Gasteiger partial charge in [-0.05, 0) is 31.0 Å². The first-order chi connectivity index (χ1) is 11.3. The van der Waals surface area contributed by atoms with Crippen molar-refractivity contribution in [3.63, 3.8) is 0 Å². The van der Waals surface area contributed by atoms with Crippen LogP contribution in [0.3, 0.4) is 0 Å². The van der Waals surface area contributed by atoms with E-state index in [4.69, 9.17) is 4.42 Å². The van der Waals surface area contributed by atoms with Crippen molar-refractivity contribution in [3.05, 3.63) is 60.1 Å². The zero-order valence-corrected chi connectivity index (χ0v) is 13.5. The van der Waals surface area contributed by atoms with E-state index in [2.05, 4.69) is 34.7 Å². The van der Waals surface area contributed by atoms with Crippen molar-refractivity contribution in [2.75, 3.05) is 19.8 Å². The van der Waals surface area contributed by atoms with Gasteiger partial charge in [0.05, 0.1) is 19.0 Å². The van der Waals surface area contributed by atoms with Gasteiger partial charge in [-0.15, -0.1) is 0 Å². The molecule has 0 bridgehead atoms. The molecule has 0 saturated heterocycles. The predicted octanol–water partition coefficient (Wildman–Crippen LogP) is 3.48. The maximum atomic E-state index is 12.3. The van der Waals surface area contributed by atoms with E-state index in [1.165, 1.54) is 5.56 Å². The summed E-state index contributed by atoms with van der Waals surface area (Å²) in [5.41, 5.74) is 1.18. The van der Waals surface area contributed by atoms with Crippen LogP contribution in [-0.2, 0) is 6.42 Å². The van der Waals surface area contributed by atoms with Gasteiger partial charge in [0, 0.05) is 19.5 Å². The van der Waals surface area contributed by atoms with E-state index < -0.39 is 0 Å². The van der Waals surface area contributed by atoms with Crippen LogP contribution in [0.5, 0.6) is 0 Å². The van der Waals surface area contributed by atoms with Crippen LogP contribution in [-0.4, -0.2) is 25.7 Å². The second-order valence-electron chi connectivity index (χ2n) is 5.31. The Bertz CT molecular complexity index is 569. The third kappa shape index (κ3) is 6.14. The molecule has 124 valence electrons. The number of halogens is 1. The maximum Gasteiger partial charge on any atom is 0.191 e. The number of rotatable bonds is 8. The van der Waals surface area contributed by atoms with E-state index >= 15 is 0 Å². The highest BCUT2D eigenvalue weighted by Gasteiger charge is 2.07. The second kappa shape index (κ2) is 9.66. The summed E-state index contributed by atoms with van der Waals surface area (Å²) in [4.78, 5) is 4.42.